The van der Waals surface area contributed by atoms with Gasteiger partial charge in [0.05, 0.1) is 23.2 Å². The number of esters is 1. The quantitative estimate of drug-likeness (QED) is 0.377. The minimum atomic E-state index is -0.576. The number of nitrogens with zero attached hydrogens (tertiary/aromatic N) is 1. The summed E-state index contributed by atoms with van der Waals surface area (Å²) < 4.78 is 4.76. The second kappa shape index (κ2) is 9.90. The maximum atomic E-state index is 13.6. The SMILES string of the molecule is CCCCCNC(=O)C1N(CCCCO)C(=O)[C@@H]2[C@@H](C(=O)OCC)[C@H]3CC(C)C12S3. The zero-order chi connectivity index (χ0) is 21.9. The van der Waals surface area contributed by atoms with Crippen LogP contribution in [-0.4, -0.2) is 70.1 Å². The number of ether oxygens (including phenoxy) is 1. The van der Waals surface area contributed by atoms with Gasteiger partial charge in [0.25, 0.3) is 0 Å². The van der Waals surface area contributed by atoms with E-state index in [1.807, 2.05) is 0 Å². The van der Waals surface area contributed by atoms with Gasteiger partial charge in [0.2, 0.25) is 11.8 Å². The number of fused-ring (bicyclic) bond motifs is 1. The molecule has 3 fully saturated rings. The molecule has 0 aromatic heterocycles. The number of unbranched alkanes of at least 4 members (excludes halogenated alkanes) is 3. The first-order chi connectivity index (χ1) is 14.4. The summed E-state index contributed by atoms with van der Waals surface area (Å²) in [5.41, 5.74) is 0. The number of likely N-dealkylation sites (tertiary alicyclic amines) is 1. The fourth-order valence-corrected chi connectivity index (χ4v) is 8.05. The van der Waals surface area contributed by atoms with Crippen LogP contribution < -0.4 is 5.32 Å². The molecule has 0 saturated carbocycles. The Kier molecular flexibility index (Phi) is 7.71. The van der Waals surface area contributed by atoms with Crippen LogP contribution in [0.4, 0.5) is 0 Å². The first kappa shape index (κ1) is 23.4. The average Bonchev–Trinajstić information content (AvgIpc) is 3.30. The highest BCUT2D eigenvalue weighted by molar-refractivity contribution is 8.02. The molecule has 7 nitrogen and oxygen atoms in total. The second-order valence-electron chi connectivity index (χ2n) is 8.77. The lowest BCUT2D eigenvalue weighted by molar-refractivity contribution is -0.154. The normalized spacial score (nSPS) is 34.3. The molecule has 1 spiro atoms. The Morgan fingerprint density at radius 2 is 2.03 bits per heavy atom. The Balaban J connectivity index is 1.90. The van der Waals surface area contributed by atoms with Gasteiger partial charge in [-0.3, -0.25) is 14.4 Å². The number of rotatable bonds is 11. The molecule has 0 aromatic rings. The van der Waals surface area contributed by atoms with Crippen LogP contribution >= 0.6 is 11.8 Å². The van der Waals surface area contributed by atoms with Crippen molar-refractivity contribution in [1.29, 1.82) is 0 Å². The van der Waals surface area contributed by atoms with Crippen molar-refractivity contribution in [2.45, 2.75) is 75.3 Å². The molecule has 30 heavy (non-hydrogen) atoms. The average molecular weight is 441 g/mol. The third kappa shape index (κ3) is 3.85. The van der Waals surface area contributed by atoms with Gasteiger partial charge >= 0.3 is 5.97 Å². The van der Waals surface area contributed by atoms with Crippen molar-refractivity contribution in [3.8, 4) is 0 Å². The molecule has 3 aliphatic heterocycles. The summed E-state index contributed by atoms with van der Waals surface area (Å²) >= 11 is 1.67. The van der Waals surface area contributed by atoms with Crippen LogP contribution in [0.5, 0.6) is 0 Å². The molecule has 3 heterocycles. The Morgan fingerprint density at radius 1 is 1.27 bits per heavy atom. The summed E-state index contributed by atoms with van der Waals surface area (Å²) in [6.45, 7) is 7.39. The van der Waals surface area contributed by atoms with E-state index in [0.29, 0.717) is 25.9 Å². The molecule has 0 aliphatic carbocycles. The number of carbonyl (C=O) groups is 3. The predicted octanol–water partition coefficient (Wildman–Crippen LogP) is 1.97. The topological polar surface area (TPSA) is 95.9 Å². The Labute approximate surface area is 183 Å². The van der Waals surface area contributed by atoms with E-state index in [-0.39, 0.29) is 42.2 Å². The van der Waals surface area contributed by atoms with Gasteiger partial charge in [-0.2, -0.15) is 0 Å². The van der Waals surface area contributed by atoms with Gasteiger partial charge in [0, 0.05) is 24.9 Å². The molecule has 6 atom stereocenters. The summed E-state index contributed by atoms with van der Waals surface area (Å²) in [4.78, 5) is 41.4. The van der Waals surface area contributed by atoms with Crippen molar-refractivity contribution < 1.29 is 24.2 Å². The Hall–Kier alpha value is -1.28. The lowest BCUT2D eigenvalue weighted by Crippen LogP contribution is -2.56. The molecule has 3 rings (SSSR count). The van der Waals surface area contributed by atoms with E-state index in [1.54, 1.807) is 23.6 Å². The molecule has 3 aliphatic rings. The number of nitrogens with one attached hydrogen (secondary N) is 1. The number of hydrogen-bond acceptors (Lipinski definition) is 6. The maximum Gasteiger partial charge on any atom is 0.310 e. The lowest BCUT2D eigenvalue weighted by atomic mass is 9.66. The van der Waals surface area contributed by atoms with Gasteiger partial charge < -0.3 is 20.1 Å². The van der Waals surface area contributed by atoms with Crippen molar-refractivity contribution in [2.75, 3.05) is 26.3 Å². The van der Waals surface area contributed by atoms with Gasteiger partial charge in [0.15, 0.2) is 0 Å². The second-order valence-corrected chi connectivity index (χ2v) is 10.3. The molecule has 0 aromatic carbocycles. The zero-order valence-corrected chi connectivity index (χ0v) is 19.2. The highest BCUT2D eigenvalue weighted by atomic mass is 32.2. The summed E-state index contributed by atoms with van der Waals surface area (Å²) in [5.74, 6) is -1.31. The van der Waals surface area contributed by atoms with Crippen molar-refractivity contribution >= 4 is 29.5 Å². The highest BCUT2D eigenvalue weighted by Gasteiger charge is 2.76. The van der Waals surface area contributed by atoms with Crippen LogP contribution in [0.1, 0.15) is 59.3 Å². The number of thioether (sulfide) groups is 1. The Bertz CT molecular complexity index is 659. The minimum absolute atomic E-state index is 0.0305. The van der Waals surface area contributed by atoms with Gasteiger partial charge in [-0.05, 0) is 38.5 Å². The van der Waals surface area contributed by atoms with Crippen molar-refractivity contribution in [1.82, 2.24) is 10.2 Å². The third-order valence-electron chi connectivity index (χ3n) is 6.94. The molecule has 3 saturated heterocycles. The van der Waals surface area contributed by atoms with E-state index < -0.39 is 22.6 Å². The van der Waals surface area contributed by atoms with E-state index in [9.17, 15) is 19.5 Å². The van der Waals surface area contributed by atoms with Crippen LogP contribution in [0.25, 0.3) is 0 Å². The largest absolute Gasteiger partial charge is 0.466 e. The summed E-state index contributed by atoms with van der Waals surface area (Å²) in [6.07, 6.45) is 5.08. The molecule has 8 heteroatoms. The fourth-order valence-electron chi connectivity index (χ4n) is 5.64. The molecule has 2 amide bonds. The number of amides is 2. The van der Waals surface area contributed by atoms with E-state index in [0.717, 1.165) is 25.7 Å². The smallest absolute Gasteiger partial charge is 0.310 e. The van der Waals surface area contributed by atoms with Gasteiger partial charge in [-0.25, -0.2) is 0 Å². The summed E-state index contributed by atoms with van der Waals surface area (Å²) in [5, 5.41) is 12.3. The third-order valence-corrected chi connectivity index (χ3v) is 9.02. The van der Waals surface area contributed by atoms with Crippen molar-refractivity contribution in [3.05, 3.63) is 0 Å². The van der Waals surface area contributed by atoms with Crippen molar-refractivity contribution in [2.24, 2.45) is 17.8 Å². The van der Waals surface area contributed by atoms with Crippen LogP contribution in [0, 0.1) is 17.8 Å². The van der Waals surface area contributed by atoms with Gasteiger partial charge in [0.1, 0.15) is 6.04 Å². The first-order valence-corrected chi connectivity index (χ1v) is 12.3. The van der Waals surface area contributed by atoms with Crippen LogP contribution in [0.2, 0.25) is 0 Å². The first-order valence-electron chi connectivity index (χ1n) is 11.5. The van der Waals surface area contributed by atoms with E-state index >= 15 is 0 Å². The molecule has 3 unspecified atom stereocenters. The molecule has 2 N–H and O–H groups in total. The summed E-state index contributed by atoms with van der Waals surface area (Å²) in [6, 6.07) is -0.570. The highest BCUT2D eigenvalue weighted by Crippen LogP contribution is 2.68. The van der Waals surface area contributed by atoms with Crippen molar-refractivity contribution in [3.63, 3.8) is 0 Å². The summed E-state index contributed by atoms with van der Waals surface area (Å²) in [7, 11) is 0. The van der Waals surface area contributed by atoms with Crippen LogP contribution in [0.3, 0.4) is 0 Å². The monoisotopic (exact) mass is 440 g/mol. The minimum Gasteiger partial charge on any atom is -0.466 e. The van der Waals surface area contributed by atoms with E-state index in [2.05, 4.69) is 19.2 Å². The molecular formula is C22H36N2O5S. The molecular weight excluding hydrogens is 404 g/mol. The van der Waals surface area contributed by atoms with Crippen LogP contribution in [0.15, 0.2) is 0 Å². The van der Waals surface area contributed by atoms with E-state index in [1.165, 1.54) is 0 Å². The van der Waals surface area contributed by atoms with Crippen LogP contribution in [-0.2, 0) is 19.1 Å². The standard InChI is InChI=1S/C22H36N2O5S/c1-4-6-7-10-23-19(26)18-22-14(3)13-15(30-22)16(21(28)29-5-2)17(22)20(27)24(18)11-8-9-12-25/h14-18,25H,4-13H2,1-3H3,(H,23,26)/t14?,15-,16+,17+,18?,22?/m1/s1. The van der Waals surface area contributed by atoms with E-state index in [4.69, 9.17) is 4.74 Å². The fraction of sp³-hybridized carbons (Fsp3) is 0.864. The zero-order valence-electron chi connectivity index (χ0n) is 18.4. The number of aliphatic hydroxyl groups is 1. The Morgan fingerprint density at radius 3 is 2.70 bits per heavy atom. The maximum absolute atomic E-state index is 13.6. The number of hydrogen-bond donors (Lipinski definition) is 2. The number of carbonyl (C=O) groups excluding carboxylic acids is 3. The number of aliphatic hydroxyl groups excluding tert-OH is 1. The lowest BCUT2D eigenvalue weighted by Gasteiger charge is -2.38. The predicted molar refractivity (Wildman–Crippen MR) is 116 cm³/mol. The molecule has 0 radical (unpaired) electrons. The molecule has 2 bridgehead atoms. The molecule has 170 valence electrons. The van der Waals surface area contributed by atoms with Gasteiger partial charge in [-0.15, -0.1) is 11.8 Å². The van der Waals surface area contributed by atoms with Gasteiger partial charge in [-0.1, -0.05) is 26.7 Å².